The van der Waals surface area contributed by atoms with Crippen molar-refractivity contribution in [3.8, 4) is 0 Å². The quantitative estimate of drug-likeness (QED) is 0.687. The van der Waals surface area contributed by atoms with Crippen LogP contribution in [0.2, 0.25) is 5.02 Å². The molecule has 3 nitrogen and oxygen atoms in total. The average Bonchev–Trinajstić information content (AvgIpc) is 2.94. The highest BCUT2D eigenvalue weighted by Crippen LogP contribution is 2.32. The molecular weight excluding hydrogens is 318 g/mol. The second kappa shape index (κ2) is 5.69. The van der Waals surface area contributed by atoms with Gasteiger partial charge in [0.15, 0.2) is 0 Å². The van der Waals surface area contributed by atoms with E-state index in [1.54, 1.807) is 0 Å². The van der Waals surface area contributed by atoms with Crippen molar-refractivity contribution in [1.82, 2.24) is 15.3 Å². The Morgan fingerprint density at radius 1 is 1.08 bits per heavy atom. The number of aromatic amines is 1. The number of halogens is 1. The summed E-state index contributed by atoms with van der Waals surface area (Å²) in [6.07, 6.45) is 5.96. The van der Waals surface area contributed by atoms with Gasteiger partial charge in [0.2, 0.25) is 0 Å². The highest BCUT2D eigenvalue weighted by molar-refractivity contribution is 6.32. The maximum Gasteiger partial charge on any atom is 0.138 e. The van der Waals surface area contributed by atoms with Crippen LogP contribution < -0.4 is 5.32 Å². The van der Waals surface area contributed by atoms with E-state index < -0.39 is 0 Å². The number of aromatic nitrogens is 2. The van der Waals surface area contributed by atoms with Crippen molar-refractivity contribution in [2.75, 3.05) is 0 Å². The lowest BCUT2D eigenvalue weighted by atomic mass is 9.97. The van der Waals surface area contributed by atoms with Crippen molar-refractivity contribution in [2.45, 2.75) is 6.92 Å². The van der Waals surface area contributed by atoms with E-state index in [0.29, 0.717) is 5.02 Å². The summed E-state index contributed by atoms with van der Waals surface area (Å²) in [7, 11) is 0. The van der Waals surface area contributed by atoms with Crippen LogP contribution in [0.15, 0.2) is 67.0 Å². The third-order valence-electron chi connectivity index (χ3n) is 4.07. The summed E-state index contributed by atoms with van der Waals surface area (Å²) in [6, 6.07) is 11.9. The molecule has 4 rings (SSSR count). The lowest BCUT2D eigenvalue weighted by molar-refractivity contribution is 1.13. The first-order valence-electron chi connectivity index (χ1n) is 7.71. The summed E-state index contributed by atoms with van der Waals surface area (Å²) in [5.41, 5.74) is 6.93. The van der Waals surface area contributed by atoms with Crippen LogP contribution in [0.25, 0.3) is 22.3 Å². The van der Waals surface area contributed by atoms with Crippen molar-refractivity contribution < 1.29 is 0 Å². The van der Waals surface area contributed by atoms with Gasteiger partial charge >= 0.3 is 0 Å². The predicted molar refractivity (Wildman–Crippen MR) is 101 cm³/mol. The topological polar surface area (TPSA) is 40.7 Å². The van der Waals surface area contributed by atoms with E-state index in [4.69, 9.17) is 11.6 Å². The van der Waals surface area contributed by atoms with E-state index in [0.717, 1.165) is 44.8 Å². The molecule has 0 saturated heterocycles. The van der Waals surface area contributed by atoms with Gasteiger partial charge in [-0.1, -0.05) is 36.4 Å². The van der Waals surface area contributed by atoms with E-state index >= 15 is 0 Å². The zero-order valence-corrected chi connectivity index (χ0v) is 14.0. The van der Waals surface area contributed by atoms with E-state index in [2.05, 4.69) is 34.0 Å². The number of fused-ring (bicyclic) bond motifs is 1. The van der Waals surface area contributed by atoms with Gasteiger partial charge in [-0.25, -0.2) is 4.98 Å². The maximum atomic E-state index is 6.35. The van der Waals surface area contributed by atoms with Crippen molar-refractivity contribution in [1.29, 1.82) is 0 Å². The summed E-state index contributed by atoms with van der Waals surface area (Å²) >= 11 is 6.35. The second-order valence-electron chi connectivity index (χ2n) is 5.86. The van der Waals surface area contributed by atoms with Gasteiger partial charge in [-0.2, -0.15) is 0 Å². The maximum absolute atomic E-state index is 6.35. The molecule has 0 radical (unpaired) electrons. The minimum atomic E-state index is 0.711. The van der Waals surface area contributed by atoms with Gasteiger partial charge in [-0.15, -0.1) is 0 Å². The Morgan fingerprint density at radius 2 is 1.92 bits per heavy atom. The monoisotopic (exact) mass is 333 g/mol. The summed E-state index contributed by atoms with van der Waals surface area (Å²) in [5, 5.41) is 5.12. The highest BCUT2D eigenvalue weighted by atomic mass is 35.5. The average molecular weight is 334 g/mol. The second-order valence-corrected chi connectivity index (χ2v) is 6.27. The van der Waals surface area contributed by atoms with Crippen molar-refractivity contribution in [3.05, 3.63) is 88.9 Å². The molecule has 2 aromatic heterocycles. The van der Waals surface area contributed by atoms with Gasteiger partial charge in [-0.05, 0) is 48.4 Å². The molecule has 0 amide bonds. The molecule has 1 aliphatic rings. The van der Waals surface area contributed by atoms with E-state index in [1.165, 1.54) is 0 Å². The number of dihydropyridines is 1. The molecule has 24 heavy (non-hydrogen) atoms. The lowest BCUT2D eigenvalue weighted by Crippen LogP contribution is -2.14. The number of H-pyrrole nitrogens is 1. The number of nitrogens with one attached hydrogen (secondary N) is 2. The number of nitrogens with zero attached hydrogens (tertiary/aromatic N) is 1. The number of rotatable bonds is 2. The number of pyridine rings is 1. The third kappa shape index (κ3) is 2.53. The summed E-state index contributed by atoms with van der Waals surface area (Å²) in [5.74, 6) is 0. The molecule has 0 bridgehead atoms. The molecule has 0 saturated carbocycles. The van der Waals surface area contributed by atoms with Gasteiger partial charge in [0.05, 0.1) is 0 Å². The Hall–Kier alpha value is -2.78. The number of hydrogen-bond acceptors (Lipinski definition) is 2. The Kier molecular flexibility index (Phi) is 3.51. The Labute approximate surface area is 145 Å². The van der Waals surface area contributed by atoms with Gasteiger partial charge in [0.25, 0.3) is 0 Å². The first-order chi connectivity index (χ1) is 11.6. The minimum Gasteiger partial charge on any atom is -0.355 e. The Balaban J connectivity index is 1.88. The molecule has 0 aliphatic carbocycles. The predicted octanol–water partition coefficient (Wildman–Crippen LogP) is 5.07. The molecule has 1 aromatic carbocycles. The van der Waals surface area contributed by atoms with Crippen LogP contribution in [0.1, 0.15) is 16.8 Å². The van der Waals surface area contributed by atoms with Crippen LogP contribution in [0.5, 0.6) is 0 Å². The smallest absolute Gasteiger partial charge is 0.138 e. The zero-order chi connectivity index (χ0) is 16.7. The van der Waals surface area contributed by atoms with E-state index in [-0.39, 0.29) is 0 Å². The normalized spacial score (nSPS) is 14.3. The van der Waals surface area contributed by atoms with Gasteiger partial charge in [0.1, 0.15) is 5.65 Å². The molecule has 2 N–H and O–H groups in total. The zero-order valence-electron chi connectivity index (χ0n) is 13.2. The molecule has 3 aromatic rings. The Morgan fingerprint density at radius 3 is 2.75 bits per heavy atom. The van der Waals surface area contributed by atoms with Crippen LogP contribution in [0, 0.1) is 6.92 Å². The van der Waals surface area contributed by atoms with Gasteiger partial charge in [-0.3, -0.25) is 0 Å². The summed E-state index contributed by atoms with van der Waals surface area (Å²) in [6.45, 7) is 6.12. The summed E-state index contributed by atoms with van der Waals surface area (Å²) < 4.78 is 0. The molecule has 1 aliphatic heterocycles. The van der Waals surface area contributed by atoms with Gasteiger partial charge in [0, 0.05) is 39.3 Å². The fourth-order valence-electron chi connectivity index (χ4n) is 3.02. The SMILES string of the molecule is C=C1C=C(c2ccnc3[nH]c(C)cc23)C=C(c2ccccc2Cl)N1. The fourth-order valence-corrected chi connectivity index (χ4v) is 3.26. The van der Waals surface area contributed by atoms with Crippen LogP contribution in [0.4, 0.5) is 0 Å². The van der Waals surface area contributed by atoms with Gasteiger partial charge < -0.3 is 10.3 Å². The molecule has 0 unspecified atom stereocenters. The van der Waals surface area contributed by atoms with Crippen molar-refractivity contribution in [2.24, 2.45) is 0 Å². The highest BCUT2D eigenvalue weighted by Gasteiger charge is 2.15. The minimum absolute atomic E-state index is 0.711. The van der Waals surface area contributed by atoms with Crippen molar-refractivity contribution in [3.63, 3.8) is 0 Å². The van der Waals surface area contributed by atoms with Crippen LogP contribution >= 0.6 is 11.6 Å². The molecule has 0 spiro atoms. The first-order valence-corrected chi connectivity index (χ1v) is 8.08. The van der Waals surface area contributed by atoms with E-state index in [1.807, 2.05) is 49.5 Å². The largest absolute Gasteiger partial charge is 0.355 e. The standard InChI is InChI=1S/C20H16ClN3/c1-12-9-14(11-19(23-12)16-5-3-4-6-18(16)21)15-7-8-22-20-17(15)10-13(2)24-20/h3-11,23H,1H2,2H3,(H,22,24). The van der Waals surface area contributed by atoms with E-state index in [9.17, 15) is 0 Å². The molecule has 0 fully saturated rings. The fraction of sp³-hybridized carbons (Fsp3) is 0.0500. The lowest BCUT2D eigenvalue weighted by Gasteiger charge is -2.19. The number of benzene rings is 1. The molecular formula is C20H16ClN3. The number of aryl methyl sites for hydroxylation is 1. The van der Waals surface area contributed by atoms with Crippen LogP contribution in [0.3, 0.4) is 0 Å². The number of allylic oxidation sites excluding steroid dienone is 3. The summed E-state index contributed by atoms with van der Waals surface area (Å²) in [4.78, 5) is 7.69. The van der Waals surface area contributed by atoms with Crippen LogP contribution in [-0.4, -0.2) is 9.97 Å². The molecule has 4 heteroatoms. The number of hydrogen-bond donors (Lipinski definition) is 2. The third-order valence-corrected chi connectivity index (χ3v) is 4.40. The first kappa shape index (κ1) is 14.8. The Bertz CT molecular complexity index is 1020. The van der Waals surface area contributed by atoms with Crippen molar-refractivity contribution >= 4 is 33.9 Å². The van der Waals surface area contributed by atoms with Crippen LogP contribution in [-0.2, 0) is 0 Å². The molecule has 0 atom stereocenters. The molecule has 118 valence electrons. The molecule has 3 heterocycles.